The van der Waals surface area contributed by atoms with E-state index >= 15 is 0 Å². The van der Waals surface area contributed by atoms with E-state index in [1.807, 2.05) is 12.1 Å². The number of hydrogen-bond acceptors (Lipinski definition) is 4. The maximum atomic E-state index is 11.4. The van der Waals surface area contributed by atoms with Crippen molar-refractivity contribution in [3.63, 3.8) is 0 Å². The summed E-state index contributed by atoms with van der Waals surface area (Å²) in [6, 6.07) is 8.13. The van der Waals surface area contributed by atoms with Gasteiger partial charge in [-0.3, -0.25) is 4.79 Å². The topological polar surface area (TPSA) is 44.8 Å². The van der Waals surface area contributed by atoms with Crippen LogP contribution in [0, 0.1) is 23.2 Å². The minimum Gasteiger partial charge on any atom is -0.497 e. The van der Waals surface area contributed by atoms with Gasteiger partial charge in [-0.2, -0.15) is 0 Å². The van der Waals surface area contributed by atoms with Crippen LogP contribution in [0.15, 0.2) is 35.9 Å². The van der Waals surface area contributed by atoms with Gasteiger partial charge in [-0.1, -0.05) is 37.6 Å². The third kappa shape index (κ3) is 3.08. The van der Waals surface area contributed by atoms with Gasteiger partial charge in [0.1, 0.15) is 5.75 Å². The molecule has 0 spiro atoms. The van der Waals surface area contributed by atoms with Crippen LogP contribution in [-0.2, 0) is 14.3 Å². The van der Waals surface area contributed by atoms with E-state index in [4.69, 9.17) is 14.2 Å². The predicted octanol–water partition coefficient (Wildman–Crippen LogP) is 4.16. The highest BCUT2D eigenvalue weighted by atomic mass is 16.5. The number of esters is 1. The van der Waals surface area contributed by atoms with E-state index < -0.39 is 0 Å². The van der Waals surface area contributed by atoms with Crippen molar-refractivity contribution in [2.24, 2.45) is 23.2 Å². The predicted molar refractivity (Wildman–Crippen MR) is 96.3 cm³/mol. The van der Waals surface area contributed by atoms with E-state index in [-0.39, 0.29) is 23.4 Å². The summed E-state index contributed by atoms with van der Waals surface area (Å²) in [6.45, 7) is 9.16. The second-order valence-corrected chi connectivity index (χ2v) is 7.53. The van der Waals surface area contributed by atoms with E-state index in [0.29, 0.717) is 25.0 Å². The van der Waals surface area contributed by atoms with Crippen molar-refractivity contribution in [1.29, 1.82) is 0 Å². The molecule has 1 aromatic rings. The number of carbonyl (C=O) groups excluding carboxylic acids is 1. The molecular weight excluding hydrogens is 316 g/mol. The summed E-state index contributed by atoms with van der Waals surface area (Å²) >= 11 is 0. The van der Waals surface area contributed by atoms with E-state index in [1.165, 1.54) is 18.1 Å². The van der Waals surface area contributed by atoms with Gasteiger partial charge in [-0.15, -0.1) is 0 Å². The fourth-order valence-electron chi connectivity index (χ4n) is 4.59. The molecule has 2 aliphatic rings. The summed E-state index contributed by atoms with van der Waals surface area (Å²) in [6.07, 6.45) is 2.36. The molecule has 4 heteroatoms. The van der Waals surface area contributed by atoms with Crippen molar-refractivity contribution >= 4 is 5.97 Å². The maximum Gasteiger partial charge on any atom is 0.302 e. The Hall–Kier alpha value is -1.81. The van der Waals surface area contributed by atoms with Crippen molar-refractivity contribution in [3.05, 3.63) is 41.5 Å². The number of carbonyl (C=O) groups is 1. The Morgan fingerprint density at radius 2 is 1.96 bits per heavy atom. The Bertz CT molecular complexity index is 663. The molecule has 1 saturated heterocycles. The van der Waals surface area contributed by atoms with Crippen LogP contribution < -0.4 is 4.74 Å². The minimum absolute atomic E-state index is 0.0232. The molecule has 1 aromatic carbocycles. The molecule has 0 aromatic heterocycles. The average molecular weight is 344 g/mol. The third-order valence-electron chi connectivity index (χ3n) is 6.24. The Kier molecular flexibility index (Phi) is 4.92. The molecule has 0 saturated carbocycles. The van der Waals surface area contributed by atoms with Crippen molar-refractivity contribution in [2.75, 3.05) is 20.3 Å². The molecule has 5 atom stereocenters. The Balaban J connectivity index is 1.92. The van der Waals surface area contributed by atoms with Gasteiger partial charge in [0.25, 0.3) is 0 Å². The lowest BCUT2D eigenvalue weighted by atomic mass is 9.56. The van der Waals surface area contributed by atoms with Crippen LogP contribution in [-0.4, -0.2) is 26.3 Å². The molecule has 25 heavy (non-hydrogen) atoms. The third-order valence-corrected chi connectivity index (χ3v) is 6.24. The van der Waals surface area contributed by atoms with Crippen LogP contribution in [0.25, 0.3) is 0 Å². The van der Waals surface area contributed by atoms with Crippen molar-refractivity contribution in [2.45, 2.75) is 33.8 Å². The number of hydrogen-bond donors (Lipinski definition) is 0. The standard InChI is InChI=1S/C21H28O4/c1-13-10-14(2)21(11-24-16(4)22)12-25-20(19(13)15(21)3)17-6-8-18(23-5)9-7-17/h6-10,14-15,19-20H,11-12H2,1-5H3/t14?,15?,19?,20?,21-/m1/s1. The lowest BCUT2D eigenvalue weighted by Crippen LogP contribution is -2.54. The maximum absolute atomic E-state index is 11.4. The highest BCUT2D eigenvalue weighted by Crippen LogP contribution is 2.56. The molecule has 3 rings (SSSR count). The van der Waals surface area contributed by atoms with Crippen LogP contribution >= 0.6 is 0 Å². The Morgan fingerprint density at radius 3 is 2.56 bits per heavy atom. The zero-order chi connectivity index (χ0) is 18.2. The molecule has 2 bridgehead atoms. The molecule has 0 N–H and O–H groups in total. The molecule has 4 unspecified atom stereocenters. The van der Waals surface area contributed by atoms with Gasteiger partial charge in [0, 0.05) is 18.3 Å². The van der Waals surface area contributed by atoms with Gasteiger partial charge < -0.3 is 14.2 Å². The first-order chi connectivity index (χ1) is 11.9. The van der Waals surface area contributed by atoms with E-state index in [1.54, 1.807) is 7.11 Å². The number of allylic oxidation sites excluding steroid dienone is 1. The van der Waals surface area contributed by atoms with Crippen molar-refractivity contribution in [3.8, 4) is 5.75 Å². The Labute approximate surface area is 150 Å². The quantitative estimate of drug-likeness (QED) is 0.607. The number of ether oxygens (including phenoxy) is 3. The van der Waals surface area contributed by atoms with Crippen LogP contribution in [0.5, 0.6) is 5.75 Å². The summed E-state index contributed by atoms with van der Waals surface area (Å²) in [5, 5.41) is 0. The lowest BCUT2D eigenvalue weighted by molar-refractivity contribution is -0.180. The first-order valence-corrected chi connectivity index (χ1v) is 8.96. The molecule has 1 heterocycles. The lowest BCUT2D eigenvalue weighted by Gasteiger charge is -2.55. The summed E-state index contributed by atoms with van der Waals surface area (Å²) in [5.74, 6) is 1.59. The molecular formula is C21H28O4. The van der Waals surface area contributed by atoms with Gasteiger partial charge in [0.05, 0.1) is 26.4 Å². The number of benzene rings is 1. The zero-order valence-corrected chi connectivity index (χ0v) is 15.7. The normalized spacial score (nSPS) is 34.2. The molecule has 0 amide bonds. The molecule has 4 nitrogen and oxygen atoms in total. The smallest absolute Gasteiger partial charge is 0.302 e. The highest BCUT2D eigenvalue weighted by molar-refractivity contribution is 5.66. The van der Waals surface area contributed by atoms with E-state index in [9.17, 15) is 4.79 Å². The van der Waals surface area contributed by atoms with Gasteiger partial charge in [0.15, 0.2) is 0 Å². The van der Waals surface area contributed by atoms with E-state index in [2.05, 4.69) is 39.0 Å². The van der Waals surface area contributed by atoms with Crippen LogP contribution in [0.4, 0.5) is 0 Å². The molecule has 1 aliphatic heterocycles. The monoisotopic (exact) mass is 344 g/mol. The summed E-state index contributed by atoms with van der Waals surface area (Å²) < 4.78 is 17.1. The number of methoxy groups -OCH3 is 1. The largest absolute Gasteiger partial charge is 0.497 e. The fourth-order valence-corrected chi connectivity index (χ4v) is 4.59. The zero-order valence-electron chi connectivity index (χ0n) is 15.7. The first kappa shape index (κ1) is 18.0. The van der Waals surface area contributed by atoms with Gasteiger partial charge in [-0.25, -0.2) is 0 Å². The van der Waals surface area contributed by atoms with Crippen molar-refractivity contribution < 1.29 is 19.0 Å². The Morgan fingerprint density at radius 1 is 1.28 bits per heavy atom. The summed E-state index contributed by atoms with van der Waals surface area (Å²) in [5.41, 5.74) is 2.37. The minimum atomic E-state index is -0.228. The molecule has 0 radical (unpaired) electrons. The summed E-state index contributed by atoms with van der Waals surface area (Å²) in [7, 11) is 1.67. The summed E-state index contributed by atoms with van der Waals surface area (Å²) in [4.78, 5) is 11.4. The van der Waals surface area contributed by atoms with Crippen LogP contribution in [0.1, 0.15) is 39.4 Å². The van der Waals surface area contributed by atoms with Gasteiger partial charge in [0.2, 0.25) is 0 Å². The number of fused-ring (bicyclic) bond motifs is 2. The number of rotatable bonds is 4. The van der Waals surface area contributed by atoms with Crippen LogP contribution in [0.3, 0.4) is 0 Å². The molecule has 1 aliphatic carbocycles. The average Bonchev–Trinajstić information content (AvgIpc) is 2.59. The SMILES string of the molecule is COc1ccc(C2OC[C@]3(COC(C)=O)C(C)C=C(C)C2C3C)cc1. The second-order valence-electron chi connectivity index (χ2n) is 7.53. The fraction of sp³-hybridized carbons (Fsp3) is 0.571. The van der Waals surface area contributed by atoms with Gasteiger partial charge in [-0.05, 0) is 36.5 Å². The molecule has 1 fully saturated rings. The van der Waals surface area contributed by atoms with Crippen molar-refractivity contribution in [1.82, 2.24) is 0 Å². The second kappa shape index (κ2) is 6.83. The van der Waals surface area contributed by atoms with E-state index in [0.717, 1.165) is 5.75 Å². The highest BCUT2D eigenvalue weighted by Gasteiger charge is 2.54. The molecule has 136 valence electrons. The van der Waals surface area contributed by atoms with Gasteiger partial charge >= 0.3 is 5.97 Å². The first-order valence-electron chi connectivity index (χ1n) is 8.96. The van der Waals surface area contributed by atoms with Crippen LogP contribution in [0.2, 0.25) is 0 Å².